The van der Waals surface area contributed by atoms with Gasteiger partial charge in [-0.05, 0) is 37.5 Å². The molecule has 128 valence electrons. The molecule has 0 aromatic carbocycles. The van der Waals surface area contributed by atoms with Crippen molar-refractivity contribution in [2.45, 2.75) is 40.0 Å². The zero-order valence-corrected chi connectivity index (χ0v) is 14.8. The third-order valence-corrected chi connectivity index (χ3v) is 5.07. The minimum atomic E-state index is -0.189. The fourth-order valence-corrected chi connectivity index (χ4v) is 3.13. The number of hydrogen-bond acceptors (Lipinski definition) is 5. The lowest BCUT2D eigenvalue weighted by molar-refractivity contribution is -0.118. The Balaban J connectivity index is 1.54. The van der Waals surface area contributed by atoms with Crippen molar-refractivity contribution in [3.63, 3.8) is 0 Å². The number of carbonyl (C=O) groups is 2. The SMILES string of the molecule is Cc1cc(NC(=O)CSCC(=O)NCCC(C)(C)C2CC2)no1. The first kappa shape index (κ1) is 17.8. The highest BCUT2D eigenvalue weighted by Gasteiger charge is 2.37. The van der Waals surface area contributed by atoms with Crippen molar-refractivity contribution in [1.29, 1.82) is 0 Å². The van der Waals surface area contributed by atoms with Crippen LogP contribution in [0.5, 0.6) is 0 Å². The molecule has 2 amide bonds. The van der Waals surface area contributed by atoms with E-state index in [-0.39, 0.29) is 23.3 Å². The Labute approximate surface area is 141 Å². The van der Waals surface area contributed by atoms with E-state index >= 15 is 0 Å². The largest absolute Gasteiger partial charge is 0.360 e. The van der Waals surface area contributed by atoms with Gasteiger partial charge in [-0.15, -0.1) is 11.8 Å². The van der Waals surface area contributed by atoms with E-state index in [4.69, 9.17) is 4.52 Å². The predicted molar refractivity (Wildman–Crippen MR) is 91.3 cm³/mol. The molecule has 23 heavy (non-hydrogen) atoms. The second-order valence-corrected chi connectivity index (χ2v) is 7.71. The first-order chi connectivity index (χ1) is 10.9. The standard InChI is InChI=1S/C16H25N3O3S/c1-11-8-13(19-22-11)18-15(21)10-23-9-14(20)17-7-6-16(2,3)12-4-5-12/h8,12H,4-7,9-10H2,1-3H3,(H,17,20)(H,18,19,21). The molecule has 0 radical (unpaired) electrons. The summed E-state index contributed by atoms with van der Waals surface area (Å²) in [6, 6.07) is 1.65. The average Bonchev–Trinajstić information content (AvgIpc) is 3.24. The van der Waals surface area contributed by atoms with Crippen LogP contribution in [0, 0.1) is 18.3 Å². The number of anilines is 1. The zero-order valence-electron chi connectivity index (χ0n) is 14.0. The number of nitrogens with zero attached hydrogens (tertiary/aromatic N) is 1. The van der Waals surface area contributed by atoms with Gasteiger partial charge in [0.15, 0.2) is 5.82 Å². The molecule has 2 rings (SSSR count). The summed E-state index contributed by atoms with van der Waals surface area (Å²) in [6.07, 6.45) is 3.63. The van der Waals surface area contributed by atoms with Gasteiger partial charge < -0.3 is 15.2 Å². The van der Waals surface area contributed by atoms with Gasteiger partial charge in [0.25, 0.3) is 0 Å². The molecule has 1 aliphatic rings. The minimum absolute atomic E-state index is 0.0216. The number of carbonyl (C=O) groups excluding carboxylic acids is 2. The third-order valence-electron chi connectivity index (χ3n) is 4.14. The average molecular weight is 339 g/mol. The molecule has 0 aliphatic heterocycles. The van der Waals surface area contributed by atoms with E-state index in [2.05, 4.69) is 29.6 Å². The normalized spacial score (nSPS) is 14.6. The Morgan fingerprint density at radius 2 is 2.04 bits per heavy atom. The van der Waals surface area contributed by atoms with E-state index in [1.165, 1.54) is 24.6 Å². The van der Waals surface area contributed by atoms with Crippen LogP contribution in [-0.4, -0.2) is 35.0 Å². The van der Waals surface area contributed by atoms with Crippen LogP contribution in [0.3, 0.4) is 0 Å². The van der Waals surface area contributed by atoms with Gasteiger partial charge in [-0.1, -0.05) is 19.0 Å². The summed E-state index contributed by atoms with van der Waals surface area (Å²) < 4.78 is 4.87. The maximum absolute atomic E-state index is 11.8. The molecule has 0 atom stereocenters. The van der Waals surface area contributed by atoms with Crippen LogP contribution in [0.2, 0.25) is 0 Å². The first-order valence-electron chi connectivity index (χ1n) is 7.94. The summed E-state index contributed by atoms with van der Waals surface area (Å²) >= 11 is 1.29. The van der Waals surface area contributed by atoms with Gasteiger partial charge >= 0.3 is 0 Å². The number of nitrogens with one attached hydrogen (secondary N) is 2. The summed E-state index contributed by atoms with van der Waals surface area (Å²) in [4.78, 5) is 23.5. The Bertz CT molecular complexity index is 553. The highest BCUT2D eigenvalue weighted by atomic mass is 32.2. The summed E-state index contributed by atoms with van der Waals surface area (Å²) in [5, 5.41) is 9.24. The number of hydrogen-bond donors (Lipinski definition) is 2. The molecule has 0 saturated heterocycles. The first-order valence-corrected chi connectivity index (χ1v) is 9.10. The Hall–Kier alpha value is -1.50. The lowest BCUT2D eigenvalue weighted by atomic mass is 9.84. The van der Waals surface area contributed by atoms with Crippen molar-refractivity contribution in [2.24, 2.45) is 11.3 Å². The molecule has 1 aromatic rings. The van der Waals surface area contributed by atoms with Crippen molar-refractivity contribution < 1.29 is 14.1 Å². The molecule has 1 saturated carbocycles. The van der Waals surface area contributed by atoms with Crippen LogP contribution in [-0.2, 0) is 9.59 Å². The topological polar surface area (TPSA) is 84.2 Å². The van der Waals surface area contributed by atoms with Crippen molar-refractivity contribution in [1.82, 2.24) is 10.5 Å². The van der Waals surface area contributed by atoms with Crippen molar-refractivity contribution in [3.05, 3.63) is 11.8 Å². The summed E-state index contributed by atoms with van der Waals surface area (Å²) in [6.45, 7) is 6.99. The van der Waals surface area contributed by atoms with Gasteiger partial charge in [0.2, 0.25) is 11.8 Å². The number of rotatable bonds is 9. The lowest BCUT2D eigenvalue weighted by Crippen LogP contribution is -2.30. The molecular formula is C16H25N3O3S. The van der Waals surface area contributed by atoms with Crippen molar-refractivity contribution in [2.75, 3.05) is 23.4 Å². The predicted octanol–water partition coefficient (Wildman–Crippen LogP) is 2.60. The van der Waals surface area contributed by atoms with Crippen molar-refractivity contribution >= 4 is 29.4 Å². The Morgan fingerprint density at radius 3 is 2.65 bits per heavy atom. The van der Waals surface area contributed by atoms with Gasteiger partial charge in [-0.2, -0.15) is 0 Å². The third kappa shape index (κ3) is 6.25. The number of aromatic nitrogens is 1. The maximum Gasteiger partial charge on any atom is 0.235 e. The molecule has 2 N–H and O–H groups in total. The number of amides is 2. The van der Waals surface area contributed by atoms with E-state index in [1.807, 2.05) is 0 Å². The summed E-state index contributed by atoms with van der Waals surface area (Å²) in [5.41, 5.74) is 0.316. The molecule has 1 fully saturated rings. The molecule has 0 spiro atoms. The fraction of sp³-hybridized carbons (Fsp3) is 0.688. The van der Waals surface area contributed by atoms with Gasteiger partial charge in [0.1, 0.15) is 5.76 Å². The van der Waals surface area contributed by atoms with E-state index < -0.39 is 0 Å². The van der Waals surface area contributed by atoms with Crippen LogP contribution in [0.4, 0.5) is 5.82 Å². The number of aryl methyl sites for hydroxylation is 1. The minimum Gasteiger partial charge on any atom is -0.360 e. The molecule has 6 nitrogen and oxygen atoms in total. The highest BCUT2D eigenvalue weighted by Crippen LogP contribution is 2.46. The molecule has 0 bridgehead atoms. The summed E-state index contributed by atoms with van der Waals surface area (Å²) in [7, 11) is 0. The maximum atomic E-state index is 11.8. The monoisotopic (exact) mass is 339 g/mol. The quantitative estimate of drug-likeness (QED) is 0.722. The van der Waals surface area contributed by atoms with E-state index in [9.17, 15) is 9.59 Å². The van der Waals surface area contributed by atoms with Gasteiger partial charge in [0, 0.05) is 12.6 Å². The van der Waals surface area contributed by atoms with E-state index in [0.29, 0.717) is 23.5 Å². The Kier molecular flexibility index (Phi) is 6.10. The van der Waals surface area contributed by atoms with E-state index in [1.54, 1.807) is 13.0 Å². The van der Waals surface area contributed by atoms with Gasteiger partial charge in [-0.25, -0.2) is 0 Å². The van der Waals surface area contributed by atoms with Crippen LogP contribution < -0.4 is 10.6 Å². The van der Waals surface area contributed by atoms with E-state index in [0.717, 1.165) is 12.3 Å². The van der Waals surface area contributed by atoms with Crippen LogP contribution >= 0.6 is 11.8 Å². The molecule has 0 unspecified atom stereocenters. The number of thioether (sulfide) groups is 1. The lowest BCUT2D eigenvalue weighted by Gasteiger charge is -2.24. The molecule has 7 heteroatoms. The molecular weight excluding hydrogens is 314 g/mol. The second kappa shape index (κ2) is 7.86. The van der Waals surface area contributed by atoms with Crippen LogP contribution in [0.1, 0.15) is 38.9 Å². The van der Waals surface area contributed by atoms with Crippen LogP contribution in [0.15, 0.2) is 10.6 Å². The second-order valence-electron chi connectivity index (χ2n) is 6.73. The smallest absolute Gasteiger partial charge is 0.235 e. The Morgan fingerprint density at radius 1 is 1.35 bits per heavy atom. The zero-order chi connectivity index (χ0) is 16.9. The fourth-order valence-electron chi connectivity index (χ4n) is 2.48. The van der Waals surface area contributed by atoms with Gasteiger partial charge in [0.05, 0.1) is 11.5 Å². The molecule has 1 aromatic heterocycles. The van der Waals surface area contributed by atoms with Crippen LogP contribution in [0.25, 0.3) is 0 Å². The molecule has 1 aliphatic carbocycles. The molecule has 1 heterocycles. The van der Waals surface area contributed by atoms with Gasteiger partial charge in [-0.3, -0.25) is 9.59 Å². The van der Waals surface area contributed by atoms with Crippen molar-refractivity contribution in [3.8, 4) is 0 Å². The highest BCUT2D eigenvalue weighted by molar-refractivity contribution is 8.00. The summed E-state index contributed by atoms with van der Waals surface area (Å²) in [5.74, 6) is 2.15.